The van der Waals surface area contributed by atoms with E-state index in [-0.39, 0.29) is 0 Å². The maximum absolute atomic E-state index is 5.33. The molecule has 19 heavy (non-hydrogen) atoms. The van der Waals surface area contributed by atoms with Crippen molar-refractivity contribution in [3.05, 3.63) is 23.8 Å². The van der Waals surface area contributed by atoms with Crippen LogP contribution in [0.5, 0.6) is 5.75 Å². The van der Waals surface area contributed by atoms with Gasteiger partial charge in [-0.25, -0.2) is 4.31 Å². The molecular weight excluding hydrogens is 256 g/mol. The van der Waals surface area contributed by atoms with Crippen LogP contribution in [0.2, 0.25) is 0 Å². The van der Waals surface area contributed by atoms with Gasteiger partial charge in [-0.1, -0.05) is 6.07 Å². The zero-order chi connectivity index (χ0) is 12.8. The number of methoxy groups -OCH3 is 1. The SMILES string of the molecule is COc1ccc2c(c1)SN([C@H]1CN3CCC1CC3)C2. The van der Waals surface area contributed by atoms with Crippen molar-refractivity contribution < 1.29 is 4.74 Å². The minimum absolute atomic E-state index is 0.742. The third-order valence-electron chi connectivity index (χ3n) is 4.81. The lowest BCUT2D eigenvalue weighted by molar-refractivity contribution is 0.0420. The zero-order valence-corrected chi connectivity index (χ0v) is 12.2. The molecule has 5 rings (SSSR count). The molecule has 0 unspecified atom stereocenters. The van der Waals surface area contributed by atoms with Gasteiger partial charge in [-0.2, -0.15) is 0 Å². The van der Waals surface area contributed by atoms with E-state index >= 15 is 0 Å². The van der Waals surface area contributed by atoms with Gasteiger partial charge in [0.25, 0.3) is 0 Å². The molecule has 3 saturated heterocycles. The largest absolute Gasteiger partial charge is 0.497 e. The van der Waals surface area contributed by atoms with Gasteiger partial charge in [0.2, 0.25) is 0 Å². The van der Waals surface area contributed by atoms with Crippen molar-refractivity contribution in [3.63, 3.8) is 0 Å². The smallest absolute Gasteiger partial charge is 0.120 e. The fraction of sp³-hybridized carbons (Fsp3) is 0.600. The molecule has 1 atom stereocenters. The molecule has 1 aromatic carbocycles. The minimum Gasteiger partial charge on any atom is -0.497 e. The molecule has 0 saturated carbocycles. The standard InChI is InChI=1S/C15H20N2OS/c1-18-13-3-2-12-9-17(19-15(12)8-13)14-10-16-6-4-11(14)5-7-16/h2-3,8,11,14H,4-7,9-10H2,1H3/t14-/m0/s1. The maximum Gasteiger partial charge on any atom is 0.120 e. The molecule has 0 spiro atoms. The van der Waals surface area contributed by atoms with Crippen molar-refractivity contribution in [3.8, 4) is 5.75 Å². The van der Waals surface area contributed by atoms with E-state index in [1.54, 1.807) is 7.11 Å². The highest BCUT2D eigenvalue weighted by Gasteiger charge is 2.39. The van der Waals surface area contributed by atoms with Crippen LogP contribution in [-0.2, 0) is 6.54 Å². The molecule has 3 fully saturated rings. The summed E-state index contributed by atoms with van der Waals surface area (Å²) in [6.07, 6.45) is 2.78. The van der Waals surface area contributed by atoms with Crippen molar-refractivity contribution >= 4 is 11.9 Å². The first kappa shape index (κ1) is 12.1. The van der Waals surface area contributed by atoms with Crippen LogP contribution in [0.4, 0.5) is 0 Å². The van der Waals surface area contributed by atoms with Gasteiger partial charge in [0.05, 0.1) is 7.11 Å². The van der Waals surface area contributed by atoms with Crippen molar-refractivity contribution in [2.45, 2.75) is 30.3 Å². The van der Waals surface area contributed by atoms with Crippen LogP contribution in [0.1, 0.15) is 18.4 Å². The molecule has 4 aliphatic rings. The van der Waals surface area contributed by atoms with Gasteiger partial charge in [-0.15, -0.1) is 0 Å². The van der Waals surface area contributed by atoms with Crippen LogP contribution in [0.3, 0.4) is 0 Å². The third kappa shape index (κ3) is 2.06. The van der Waals surface area contributed by atoms with Crippen LogP contribution in [0.25, 0.3) is 0 Å². The second-order valence-electron chi connectivity index (χ2n) is 5.85. The van der Waals surface area contributed by atoms with E-state index in [0.29, 0.717) is 0 Å². The normalized spacial score (nSPS) is 33.4. The number of piperidine rings is 3. The van der Waals surface area contributed by atoms with Gasteiger partial charge < -0.3 is 9.64 Å². The van der Waals surface area contributed by atoms with Crippen molar-refractivity contribution in [1.82, 2.24) is 9.21 Å². The molecule has 4 heterocycles. The summed E-state index contributed by atoms with van der Waals surface area (Å²) < 4.78 is 7.94. The number of fused-ring (bicyclic) bond motifs is 4. The van der Waals surface area contributed by atoms with E-state index in [4.69, 9.17) is 4.74 Å². The van der Waals surface area contributed by atoms with E-state index in [9.17, 15) is 0 Å². The Balaban J connectivity index is 1.53. The number of ether oxygens (including phenoxy) is 1. The van der Waals surface area contributed by atoms with Gasteiger partial charge in [-0.3, -0.25) is 0 Å². The van der Waals surface area contributed by atoms with Crippen LogP contribution >= 0.6 is 11.9 Å². The number of rotatable bonds is 2. The summed E-state index contributed by atoms with van der Waals surface area (Å²) in [5.41, 5.74) is 1.46. The fourth-order valence-corrected chi connectivity index (χ4v) is 4.90. The lowest BCUT2D eigenvalue weighted by Gasteiger charge is -2.47. The second kappa shape index (κ2) is 4.69. The molecule has 1 aromatic rings. The lowest BCUT2D eigenvalue weighted by atomic mass is 9.84. The monoisotopic (exact) mass is 276 g/mol. The Kier molecular flexibility index (Phi) is 2.98. The molecule has 0 aromatic heterocycles. The van der Waals surface area contributed by atoms with Crippen LogP contribution in [0, 0.1) is 5.92 Å². The highest BCUT2D eigenvalue weighted by atomic mass is 32.2. The average molecular weight is 276 g/mol. The van der Waals surface area contributed by atoms with E-state index in [1.165, 1.54) is 42.9 Å². The van der Waals surface area contributed by atoms with Crippen LogP contribution in [-0.4, -0.2) is 42.0 Å². The number of nitrogens with zero attached hydrogens (tertiary/aromatic N) is 2. The van der Waals surface area contributed by atoms with Crippen LogP contribution < -0.4 is 4.74 Å². The first-order chi connectivity index (χ1) is 9.33. The highest BCUT2D eigenvalue weighted by molar-refractivity contribution is 7.97. The third-order valence-corrected chi connectivity index (χ3v) is 6.02. The van der Waals surface area contributed by atoms with Gasteiger partial charge in [0.15, 0.2) is 0 Å². The Morgan fingerprint density at radius 3 is 2.79 bits per heavy atom. The van der Waals surface area contributed by atoms with Gasteiger partial charge in [-0.05, 0) is 61.5 Å². The summed E-state index contributed by atoms with van der Waals surface area (Å²) in [7, 11) is 1.74. The predicted molar refractivity (Wildman–Crippen MR) is 77.3 cm³/mol. The Morgan fingerprint density at radius 1 is 1.26 bits per heavy atom. The van der Waals surface area contributed by atoms with Gasteiger partial charge >= 0.3 is 0 Å². The number of hydrogen-bond acceptors (Lipinski definition) is 4. The number of hydrogen-bond donors (Lipinski definition) is 0. The molecular formula is C15H20N2OS. The summed E-state index contributed by atoms with van der Waals surface area (Å²) >= 11 is 1.94. The van der Waals surface area contributed by atoms with Gasteiger partial charge in [0, 0.05) is 24.0 Å². The van der Waals surface area contributed by atoms with E-state index in [2.05, 4.69) is 27.4 Å². The Labute approximate surface area is 119 Å². The number of benzene rings is 1. The van der Waals surface area contributed by atoms with E-state index < -0.39 is 0 Å². The summed E-state index contributed by atoms with van der Waals surface area (Å²) in [4.78, 5) is 4.02. The molecule has 0 aliphatic carbocycles. The van der Waals surface area contributed by atoms with Crippen molar-refractivity contribution in [2.75, 3.05) is 26.7 Å². The maximum atomic E-state index is 5.33. The second-order valence-corrected chi connectivity index (χ2v) is 6.94. The molecule has 102 valence electrons. The highest BCUT2D eigenvalue weighted by Crippen LogP contribution is 2.43. The molecule has 0 radical (unpaired) electrons. The quantitative estimate of drug-likeness (QED) is 0.771. The fourth-order valence-electron chi connectivity index (χ4n) is 3.65. The molecule has 0 N–H and O–H groups in total. The first-order valence-electron chi connectivity index (χ1n) is 7.17. The first-order valence-corrected chi connectivity index (χ1v) is 7.95. The molecule has 4 aliphatic heterocycles. The zero-order valence-electron chi connectivity index (χ0n) is 11.3. The van der Waals surface area contributed by atoms with Crippen LogP contribution in [0.15, 0.2) is 23.1 Å². The molecule has 4 heteroatoms. The Morgan fingerprint density at radius 2 is 2.11 bits per heavy atom. The van der Waals surface area contributed by atoms with Gasteiger partial charge in [0.1, 0.15) is 5.75 Å². The molecule has 0 amide bonds. The summed E-state index contributed by atoms with van der Waals surface area (Å²) in [5.74, 6) is 1.88. The lowest BCUT2D eigenvalue weighted by Crippen LogP contribution is -2.54. The Bertz CT molecular complexity index is 485. The Hall–Kier alpha value is -0.710. The van der Waals surface area contributed by atoms with E-state index in [0.717, 1.165) is 24.3 Å². The summed E-state index contributed by atoms with van der Waals surface area (Å²) in [6, 6.07) is 7.23. The van der Waals surface area contributed by atoms with Crippen molar-refractivity contribution in [1.29, 1.82) is 0 Å². The summed E-state index contributed by atoms with van der Waals surface area (Å²) in [6.45, 7) is 5.00. The molecule has 2 bridgehead atoms. The molecule has 3 nitrogen and oxygen atoms in total. The summed E-state index contributed by atoms with van der Waals surface area (Å²) in [5, 5.41) is 0. The topological polar surface area (TPSA) is 15.7 Å². The average Bonchev–Trinajstić information content (AvgIpc) is 2.91. The van der Waals surface area contributed by atoms with E-state index in [1.807, 2.05) is 11.9 Å². The predicted octanol–water partition coefficient (Wildman–Crippen LogP) is 2.61. The van der Waals surface area contributed by atoms with Crippen molar-refractivity contribution in [2.24, 2.45) is 5.92 Å². The minimum atomic E-state index is 0.742.